The van der Waals surface area contributed by atoms with Gasteiger partial charge in [0.05, 0.1) is 0 Å². The van der Waals surface area contributed by atoms with Gasteiger partial charge in [-0.2, -0.15) is 0 Å². The van der Waals surface area contributed by atoms with Crippen LogP contribution in [0.15, 0.2) is 12.2 Å². The number of Topliss-reactive ketones (excluding diaryl/α,β-unsaturated/α-hetero) is 1. The molecule has 0 amide bonds. The Morgan fingerprint density at radius 2 is 1.52 bits per heavy atom. The maximum absolute atomic E-state index is 12.9. The highest BCUT2D eigenvalue weighted by molar-refractivity contribution is 5.85. The van der Waals surface area contributed by atoms with Crippen LogP contribution in [0.3, 0.4) is 0 Å². The molecule has 1 nitrogen and oxygen atoms in total. The molecule has 0 saturated heterocycles. The van der Waals surface area contributed by atoms with E-state index in [2.05, 4.69) is 55.0 Å². The molecule has 5 saturated carbocycles. The van der Waals surface area contributed by atoms with Gasteiger partial charge >= 0.3 is 0 Å². The number of hydrogen-bond donors (Lipinski definition) is 0. The van der Waals surface area contributed by atoms with Gasteiger partial charge in [-0.05, 0) is 116 Å². The number of rotatable bonds is 1. The van der Waals surface area contributed by atoms with Crippen LogP contribution in [0.4, 0.5) is 0 Å². The third kappa shape index (κ3) is 2.59. The highest BCUT2D eigenvalue weighted by atomic mass is 16.1. The molecule has 174 valence electrons. The van der Waals surface area contributed by atoms with Crippen LogP contribution in [-0.2, 0) is 4.79 Å². The summed E-state index contributed by atoms with van der Waals surface area (Å²) in [7, 11) is 0. The van der Waals surface area contributed by atoms with Crippen LogP contribution in [0.2, 0.25) is 0 Å². The summed E-state index contributed by atoms with van der Waals surface area (Å²) in [4.78, 5) is 12.9. The minimum absolute atomic E-state index is 0.131. The van der Waals surface area contributed by atoms with Gasteiger partial charge in [0, 0.05) is 11.8 Å². The summed E-state index contributed by atoms with van der Waals surface area (Å²) in [6, 6.07) is 0. The van der Waals surface area contributed by atoms with Crippen LogP contribution in [0.25, 0.3) is 0 Å². The molecule has 5 rings (SSSR count). The molecular weight excluding hydrogens is 376 g/mol. The van der Waals surface area contributed by atoms with E-state index in [0.717, 1.165) is 36.5 Å². The first-order valence-electron chi connectivity index (χ1n) is 13.5. The van der Waals surface area contributed by atoms with Crippen molar-refractivity contribution in [2.45, 2.75) is 113 Å². The normalized spacial score (nSPS) is 55.6. The maximum atomic E-state index is 12.9. The summed E-state index contributed by atoms with van der Waals surface area (Å²) >= 11 is 0. The monoisotopic (exact) mass is 424 g/mol. The Labute approximate surface area is 192 Å². The minimum atomic E-state index is -0.131. The lowest BCUT2D eigenvalue weighted by atomic mass is 9.32. The van der Waals surface area contributed by atoms with E-state index in [-0.39, 0.29) is 5.41 Å². The van der Waals surface area contributed by atoms with Gasteiger partial charge in [0.2, 0.25) is 0 Å². The minimum Gasteiger partial charge on any atom is -0.299 e. The molecule has 0 aliphatic heterocycles. The van der Waals surface area contributed by atoms with Crippen LogP contribution in [0.1, 0.15) is 113 Å². The number of allylic oxidation sites excluding steroid dienone is 1. The van der Waals surface area contributed by atoms with Crippen molar-refractivity contribution in [2.24, 2.45) is 56.7 Å². The third-order valence-electron chi connectivity index (χ3n) is 13.2. The molecule has 0 N–H and O–H groups in total. The molecule has 0 aromatic carbocycles. The van der Waals surface area contributed by atoms with Crippen molar-refractivity contribution in [2.75, 3.05) is 0 Å². The van der Waals surface area contributed by atoms with E-state index in [0.29, 0.717) is 33.4 Å². The fourth-order valence-electron chi connectivity index (χ4n) is 11.3. The molecule has 5 aliphatic rings. The quantitative estimate of drug-likeness (QED) is 0.387. The SMILES string of the molecule is C=C(C)[C@H]1CC[C@@]2(C)CC[C@]3(C)[C@@H](CC[C@@H]4[C@]5(C)CCC(=O)C(C)(C)[C@@H]5CC[C@@]43C)[C@@H]12. The fraction of sp³-hybridized carbons (Fsp3) is 0.900. The van der Waals surface area contributed by atoms with Crippen LogP contribution in [0, 0.1) is 56.7 Å². The standard InChI is InChI=1S/C30H48O/c1-19(2)20-11-14-27(5)17-18-29(7)21(25(20)27)9-10-23-28(6)15-13-24(31)26(3,4)22(28)12-16-30(23,29)8/h20-23,25H,1,9-18H2,2-8H3/t20-,21+,22+,23-,25-,27+,28-,29-,30+/m1/s1. The summed E-state index contributed by atoms with van der Waals surface area (Å²) in [5.41, 5.74) is 3.06. The topological polar surface area (TPSA) is 17.1 Å². The Morgan fingerprint density at radius 3 is 2.19 bits per heavy atom. The van der Waals surface area contributed by atoms with Crippen molar-refractivity contribution in [3.8, 4) is 0 Å². The van der Waals surface area contributed by atoms with E-state index in [1.807, 2.05) is 0 Å². The maximum Gasteiger partial charge on any atom is 0.138 e. The average Bonchev–Trinajstić information content (AvgIpc) is 3.04. The van der Waals surface area contributed by atoms with Crippen molar-refractivity contribution in [3.05, 3.63) is 12.2 Å². The second-order valence-electron chi connectivity index (χ2n) is 14.5. The summed E-state index contributed by atoms with van der Waals surface area (Å²) in [5.74, 6) is 4.33. The molecule has 0 aromatic rings. The molecule has 0 aromatic heterocycles. The first kappa shape index (κ1) is 22.2. The van der Waals surface area contributed by atoms with Gasteiger partial charge in [-0.1, -0.05) is 53.7 Å². The summed E-state index contributed by atoms with van der Waals surface area (Å²) in [6.07, 6.45) is 13.0. The molecule has 0 spiro atoms. The van der Waals surface area contributed by atoms with E-state index < -0.39 is 0 Å². The van der Waals surface area contributed by atoms with Gasteiger partial charge in [0.25, 0.3) is 0 Å². The van der Waals surface area contributed by atoms with E-state index in [1.54, 1.807) is 0 Å². The van der Waals surface area contributed by atoms with Gasteiger partial charge in [-0.25, -0.2) is 0 Å². The molecule has 0 bridgehead atoms. The number of ketones is 1. The van der Waals surface area contributed by atoms with Crippen LogP contribution >= 0.6 is 0 Å². The molecule has 9 atom stereocenters. The summed E-state index contributed by atoms with van der Waals surface area (Å²) < 4.78 is 0. The van der Waals surface area contributed by atoms with Crippen molar-refractivity contribution >= 4 is 5.78 Å². The molecular formula is C30H48O. The first-order valence-corrected chi connectivity index (χ1v) is 13.5. The molecule has 1 heteroatoms. The van der Waals surface area contributed by atoms with E-state index >= 15 is 0 Å². The zero-order chi connectivity index (χ0) is 22.6. The summed E-state index contributed by atoms with van der Waals surface area (Å²) in [6.45, 7) is 22.0. The number of carbonyl (C=O) groups is 1. The number of hydrogen-bond acceptors (Lipinski definition) is 1. The van der Waals surface area contributed by atoms with Crippen molar-refractivity contribution in [3.63, 3.8) is 0 Å². The molecule has 0 unspecified atom stereocenters. The van der Waals surface area contributed by atoms with Crippen molar-refractivity contribution in [1.29, 1.82) is 0 Å². The molecule has 5 fully saturated rings. The lowest BCUT2D eigenvalue weighted by molar-refractivity contribution is -0.232. The third-order valence-corrected chi connectivity index (χ3v) is 13.2. The van der Waals surface area contributed by atoms with Gasteiger partial charge in [0.15, 0.2) is 0 Å². The zero-order valence-electron chi connectivity index (χ0n) is 21.6. The number of carbonyl (C=O) groups excluding carboxylic acids is 1. The van der Waals surface area contributed by atoms with Gasteiger partial charge in [-0.15, -0.1) is 0 Å². The van der Waals surface area contributed by atoms with E-state index in [9.17, 15) is 4.79 Å². The highest BCUT2D eigenvalue weighted by Crippen LogP contribution is 2.77. The van der Waals surface area contributed by atoms with E-state index in [1.165, 1.54) is 56.9 Å². The van der Waals surface area contributed by atoms with Crippen LogP contribution in [0.5, 0.6) is 0 Å². The second kappa shape index (κ2) is 6.50. The summed E-state index contributed by atoms with van der Waals surface area (Å²) in [5, 5.41) is 0. The first-order chi connectivity index (χ1) is 14.3. The van der Waals surface area contributed by atoms with Gasteiger partial charge in [0.1, 0.15) is 5.78 Å². The van der Waals surface area contributed by atoms with Crippen LogP contribution < -0.4 is 0 Å². The Bertz CT molecular complexity index is 807. The Morgan fingerprint density at radius 1 is 0.806 bits per heavy atom. The smallest absolute Gasteiger partial charge is 0.138 e. The highest BCUT2D eigenvalue weighted by Gasteiger charge is 2.70. The van der Waals surface area contributed by atoms with Crippen molar-refractivity contribution < 1.29 is 4.79 Å². The van der Waals surface area contributed by atoms with Crippen molar-refractivity contribution in [1.82, 2.24) is 0 Å². The van der Waals surface area contributed by atoms with Gasteiger partial charge in [-0.3, -0.25) is 4.79 Å². The second-order valence-corrected chi connectivity index (χ2v) is 14.5. The largest absolute Gasteiger partial charge is 0.299 e. The predicted octanol–water partition coefficient (Wildman–Crippen LogP) is 8.23. The lowest BCUT2D eigenvalue weighted by Gasteiger charge is -2.72. The molecule has 0 heterocycles. The molecule has 31 heavy (non-hydrogen) atoms. The lowest BCUT2D eigenvalue weighted by Crippen LogP contribution is -2.66. The fourth-order valence-corrected chi connectivity index (χ4v) is 11.3. The van der Waals surface area contributed by atoms with Gasteiger partial charge < -0.3 is 0 Å². The Kier molecular flexibility index (Phi) is 4.66. The predicted molar refractivity (Wildman–Crippen MR) is 130 cm³/mol. The van der Waals surface area contributed by atoms with Crippen LogP contribution in [-0.4, -0.2) is 5.78 Å². The van der Waals surface area contributed by atoms with E-state index in [4.69, 9.17) is 0 Å². The Hall–Kier alpha value is -0.590. The Balaban J connectivity index is 1.55. The zero-order valence-corrected chi connectivity index (χ0v) is 21.6. The average molecular weight is 425 g/mol. The molecule has 0 radical (unpaired) electrons. The molecule has 5 aliphatic carbocycles. The number of fused-ring (bicyclic) bond motifs is 7.